The van der Waals surface area contributed by atoms with Gasteiger partial charge in [0.2, 0.25) is 17.7 Å². The summed E-state index contributed by atoms with van der Waals surface area (Å²) in [5.74, 6) is -4.06. The molecular weight excluding hydrogens is 490 g/mol. The van der Waals surface area contributed by atoms with Gasteiger partial charge in [0.05, 0.1) is 5.56 Å². The summed E-state index contributed by atoms with van der Waals surface area (Å²) in [6, 6.07) is 8.67. The van der Waals surface area contributed by atoms with Crippen LogP contribution in [0.1, 0.15) is 26.3 Å². The minimum atomic E-state index is -4.68. The summed E-state index contributed by atoms with van der Waals surface area (Å²) >= 11 is 0. The molecule has 2 aromatic rings. The van der Waals surface area contributed by atoms with Crippen molar-refractivity contribution in [3.8, 4) is 0 Å². The lowest BCUT2D eigenvalue weighted by atomic mass is 10.1. The average molecular weight is 516 g/mol. The Morgan fingerprint density at radius 1 is 0.943 bits per heavy atom. The van der Waals surface area contributed by atoms with E-state index in [2.05, 4.69) is 10.6 Å². The van der Waals surface area contributed by atoms with Crippen molar-refractivity contribution < 1.29 is 36.2 Å². The van der Waals surface area contributed by atoms with E-state index in [1.54, 1.807) is 20.8 Å². The number of nitrogens with one attached hydrogen (secondary N) is 2. The lowest BCUT2D eigenvalue weighted by molar-refractivity contribution is -0.137. The van der Waals surface area contributed by atoms with Crippen molar-refractivity contribution in [2.75, 3.05) is 28.3 Å². The number of hydrogen-bond acceptors (Lipinski definition) is 4. The molecule has 0 bridgehead atoms. The molecule has 2 N–H and O–H groups in total. The zero-order valence-electron chi connectivity index (χ0n) is 19.2. The summed E-state index contributed by atoms with van der Waals surface area (Å²) in [7, 11) is -2.04. The van der Waals surface area contributed by atoms with Crippen molar-refractivity contribution in [3.05, 3.63) is 59.9 Å². The standard InChI is InChI=1S/C23H25F4N3O4S/c1-22(2,3)29-19(31)12-30(18-6-4-5-15(11-18)23(25,26)27)21(33)14-35(34)13-20(32)28-17-9-7-16(24)8-10-17/h4-11H,12-14H2,1-3H3,(H,28,32)(H,29,31)/t35-/m0/s1. The van der Waals surface area contributed by atoms with Gasteiger partial charge in [0.25, 0.3) is 0 Å². The first-order chi connectivity index (χ1) is 16.1. The second kappa shape index (κ2) is 11.4. The van der Waals surface area contributed by atoms with Crippen LogP contribution in [0.15, 0.2) is 48.5 Å². The van der Waals surface area contributed by atoms with Gasteiger partial charge in [-0.15, -0.1) is 0 Å². The van der Waals surface area contributed by atoms with Gasteiger partial charge < -0.3 is 15.5 Å². The molecule has 0 heterocycles. The normalized spacial score (nSPS) is 12.5. The van der Waals surface area contributed by atoms with Gasteiger partial charge in [-0.1, -0.05) is 6.07 Å². The molecular formula is C23H25F4N3O4S. The Bertz CT molecular complexity index is 1100. The SMILES string of the molecule is CC(C)(C)NC(=O)CN(C(=O)C[S@@](=O)CC(=O)Nc1ccc(F)cc1)c1cccc(C(F)(F)F)c1. The largest absolute Gasteiger partial charge is 0.416 e. The van der Waals surface area contributed by atoms with Crippen molar-refractivity contribution in [1.82, 2.24) is 5.32 Å². The first-order valence-electron chi connectivity index (χ1n) is 10.3. The number of carbonyl (C=O) groups is 3. The molecule has 1 atom stereocenters. The Morgan fingerprint density at radius 3 is 2.14 bits per heavy atom. The van der Waals surface area contributed by atoms with E-state index in [1.807, 2.05) is 0 Å². The predicted molar refractivity (Wildman–Crippen MR) is 125 cm³/mol. The van der Waals surface area contributed by atoms with Crippen molar-refractivity contribution >= 4 is 39.9 Å². The molecule has 0 aliphatic heterocycles. The number of halogens is 4. The van der Waals surface area contributed by atoms with Crippen LogP contribution in [-0.2, 0) is 31.4 Å². The number of rotatable bonds is 8. The highest BCUT2D eigenvalue weighted by molar-refractivity contribution is 7.86. The van der Waals surface area contributed by atoms with Crippen LogP contribution in [-0.4, -0.2) is 45.5 Å². The van der Waals surface area contributed by atoms with Gasteiger partial charge in [-0.2, -0.15) is 13.2 Å². The van der Waals surface area contributed by atoms with Crippen LogP contribution in [0.25, 0.3) is 0 Å². The summed E-state index contributed by atoms with van der Waals surface area (Å²) in [6.45, 7) is 4.46. The van der Waals surface area contributed by atoms with E-state index in [9.17, 15) is 36.2 Å². The molecule has 0 radical (unpaired) electrons. The molecule has 12 heteroatoms. The lowest BCUT2D eigenvalue weighted by Gasteiger charge is -2.26. The summed E-state index contributed by atoms with van der Waals surface area (Å²) in [6.07, 6.45) is -4.68. The topological polar surface area (TPSA) is 95.6 Å². The fourth-order valence-corrected chi connectivity index (χ4v) is 3.82. The van der Waals surface area contributed by atoms with Gasteiger partial charge in [0.1, 0.15) is 23.9 Å². The van der Waals surface area contributed by atoms with Gasteiger partial charge in [0, 0.05) is 27.7 Å². The molecule has 0 saturated heterocycles. The molecule has 0 spiro atoms. The molecule has 190 valence electrons. The third-order valence-electron chi connectivity index (χ3n) is 4.31. The van der Waals surface area contributed by atoms with Crippen LogP contribution >= 0.6 is 0 Å². The summed E-state index contributed by atoms with van der Waals surface area (Å²) < 4.78 is 64.9. The van der Waals surface area contributed by atoms with E-state index in [1.165, 1.54) is 18.2 Å². The van der Waals surface area contributed by atoms with Gasteiger partial charge in [-0.25, -0.2) is 4.39 Å². The van der Waals surface area contributed by atoms with Crippen molar-refractivity contribution in [1.29, 1.82) is 0 Å². The van der Waals surface area contributed by atoms with E-state index in [4.69, 9.17) is 0 Å². The Hall–Kier alpha value is -3.28. The monoisotopic (exact) mass is 515 g/mol. The number of anilines is 2. The molecule has 0 aromatic heterocycles. The maximum absolute atomic E-state index is 13.2. The van der Waals surface area contributed by atoms with E-state index >= 15 is 0 Å². The second-order valence-electron chi connectivity index (χ2n) is 8.61. The van der Waals surface area contributed by atoms with Crippen molar-refractivity contribution in [2.45, 2.75) is 32.5 Å². The fourth-order valence-electron chi connectivity index (χ4n) is 2.92. The van der Waals surface area contributed by atoms with E-state index in [0.717, 1.165) is 29.2 Å². The number of nitrogens with zero attached hydrogens (tertiary/aromatic N) is 1. The van der Waals surface area contributed by atoms with E-state index in [-0.39, 0.29) is 11.4 Å². The second-order valence-corrected chi connectivity index (χ2v) is 10.1. The van der Waals surface area contributed by atoms with Crippen LogP contribution in [0.3, 0.4) is 0 Å². The van der Waals surface area contributed by atoms with Crippen LogP contribution in [0.4, 0.5) is 28.9 Å². The predicted octanol–water partition coefficient (Wildman–Crippen LogP) is 3.48. The number of hydrogen-bond donors (Lipinski definition) is 2. The molecule has 0 unspecified atom stereocenters. The van der Waals surface area contributed by atoms with Crippen LogP contribution in [0, 0.1) is 5.82 Å². The average Bonchev–Trinajstić information content (AvgIpc) is 2.71. The van der Waals surface area contributed by atoms with Crippen LogP contribution in [0.2, 0.25) is 0 Å². The highest BCUT2D eigenvalue weighted by Gasteiger charge is 2.32. The maximum Gasteiger partial charge on any atom is 0.416 e. The Morgan fingerprint density at radius 2 is 1.57 bits per heavy atom. The summed E-state index contributed by atoms with van der Waals surface area (Å²) in [4.78, 5) is 38.2. The molecule has 0 fully saturated rings. The Balaban J connectivity index is 2.16. The fraction of sp³-hybridized carbons (Fsp3) is 0.348. The molecule has 3 amide bonds. The minimum Gasteiger partial charge on any atom is -0.350 e. The first-order valence-corrected chi connectivity index (χ1v) is 11.8. The van der Waals surface area contributed by atoms with E-state index < -0.39 is 69.7 Å². The lowest BCUT2D eigenvalue weighted by Crippen LogP contribution is -2.48. The molecule has 35 heavy (non-hydrogen) atoms. The Kier molecular flexibility index (Phi) is 9.13. The van der Waals surface area contributed by atoms with Gasteiger partial charge in [-0.3, -0.25) is 18.6 Å². The highest BCUT2D eigenvalue weighted by atomic mass is 32.2. The number of benzene rings is 2. The van der Waals surface area contributed by atoms with E-state index in [0.29, 0.717) is 6.07 Å². The molecule has 7 nitrogen and oxygen atoms in total. The molecule has 2 aromatic carbocycles. The molecule has 0 aliphatic carbocycles. The minimum absolute atomic E-state index is 0.207. The van der Waals surface area contributed by atoms with Gasteiger partial charge in [-0.05, 0) is 63.2 Å². The summed E-state index contributed by atoms with van der Waals surface area (Å²) in [5.41, 5.74) is -1.64. The Labute approximate surface area is 202 Å². The molecule has 0 aliphatic rings. The number of carbonyl (C=O) groups excluding carboxylic acids is 3. The third kappa shape index (κ3) is 9.47. The zero-order valence-corrected chi connectivity index (χ0v) is 20.1. The van der Waals surface area contributed by atoms with Gasteiger partial charge >= 0.3 is 6.18 Å². The van der Waals surface area contributed by atoms with Crippen LogP contribution < -0.4 is 15.5 Å². The van der Waals surface area contributed by atoms with Gasteiger partial charge in [0.15, 0.2) is 0 Å². The van der Waals surface area contributed by atoms with Crippen molar-refractivity contribution in [2.24, 2.45) is 0 Å². The first kappa shape index (κ1) is 28.0. The summed E-state index contributed by atoms with van der Waals surface area (Å²) in [5, 5.41) is 5.02. The van der Waals surface area contributed by atoms with Crippen LogP contribution in [0.5, 0.6) is 0 Å². The zero-order chi connectivity index (χ0) is 26.4. The molecule has 2 rings (SSSR count). The molecule has 0 saturated carbocycles. The highest BCUT2D eigenvalue weighted by Crippen LogP contribution is 2.31. The maximum atomic E-state index is 13.2. The quantitative estimate of drug-likeness (QED) is 0.527. The van der Waals surface area contributed by atoms with Crippen molar-refractivity contribution in [3.63, 3.8) is 0 Å². The smallest absolute Gasteiger partial charge is 0.350 e. The number of alkyl halides is 3. The third-order valence-corrected chi connectivity index (χ3v) is 5.46. The number of amides is 3.